The van der Waals surface area contributed by atoms with Crippen LogP contribution in [0.25, 0.3) is 0 Å². The Balaban J connectivity index is 3.19. The monoisotopic (exact) mass is 139 g/mol. The molecule has 0 unspecified atom stereocenters. The lowest BCUT2D eigenvalue weighted by Crippen LogP contribution is -2.04. The molecule has 0 saturated carbocycles. The van der Waals surface area contributed by atoms with Crippen molar-refractivity contribution >= 4 is 0 Å². The molecule has 1 rings (SSSR count). The lowest BCUT2D eigenvalue weighted by molar-refractivity contribution is 0.460. The Hall–Kier alpha value is -1.09. The maximum absolute atomic E-state index is 10.6. The van der Waals surface area contributed by atoms with Gasteiger partial charge in [-0.15, -0.1) is 0 Å². The van der Waals surface area contributed by atoms with Gasteiger partial charge in [0.15, 0.2) is 0 Å². The maximum atomic E-state index is 10.6. The van der Waals surface area contributed by atoms with Gasteiger partial charge in [-0.05, 0) is 18.6 Å². The summed E-state index contributed by atoms with van der Waals surface area (Å²) >= 11 is 0. The molecule has 0 fully saturated rings. The fourth-order valence-electron chi connectivity index (χ4n) is 0.770. The minimum atomic E-state index is -0.333. The van der Waals surface area contributed by atoms with Crippen molar-refractivity contribution in [3.8, 4) is 0 Å². The third kappa shape index (κ3) is 1.45. The van der Waals surface area contributed by atoms with Gasteiger partial charge in [0, 0.05) is 6.07 Å². The topological polar surface area (TPSA) is 56.2 Å². The van der Waals surface area contributed by atoms with Crippen LogP contribution < -0.4 is 11.4 Å². The van der Waals surface area contributed by atoms with Crippen LogP contribution in [0.4, 0.5) is 0 Å². The highest BCUT2D eigenvalue weighted by Crippen LogP contribution is 1.97. The summed E-state index contributed by atoms with van der Waals surface area (Å²) < 4.78 is 4.73. The van der Waals surface area contributed by atoms with Crippen LogP contribution in [0.3, 0.4) is 0 Å². The molecule has 10 heavy (non-hydrogen) atoms. The van der Waals surface area contributed by atoms with Gasteiger partial charge in [-0.25, -0.2) is 4.79 Å². The van der Waals surface area contributed by atoms with Gasteiger partial charge in [0.05, 0.1) is 6.54 Å². The van der Waals surface area contributed by atoms with E-state index in [1.165, 1.54) is 6.07 Å². The first-order valence-corrected chi connectivity index (χ1v) is 3.03. The minimum Gasteiger partial charge on any atom is -0.427 e. The highest BCUT2D eigenvalue weighted by atomic mass is 16.4. The maximum Gasteiger partial charge on any atom is 0.336 e. The van der Waals surface area contributed by atoms with Crippen LogP contribution in [0.15, 0.2) is 21.3 Å². The van der Waals surface area contributed by atoms with Crippen molar-refractivity contribution in [3.63, 3.8) is 0 Å². The quantitative estimate of drug-likeness (QED) is 0.613. The van der Waals surface area contributed by atoms with E-state index in [2.05, 4.69) is 0 Å². The van der Waals surface area contributed by atoms with Gasteiger partial charge in [-0.1, -0.05) is 0 Å². The van der Waals surface area contributed by atoms with Crippen molar-refractivity contribution in [1.82, 2.24) is 0 Å². The number of hydrogen-bond donors (Lipinski definition) is 1. The van der Waals surface area contributed by atoms with Crippen LogP contribution >= 0.6 is 0 Å². The molecular weight excluding hydrogens is 130 g/mol. The van der Waals surface area contributed by atoms with E-state index in [1.807, 2.05) is 6.92 Å². The van der Waals surface area contributed by atoms with E-state index in [1.54, 1.807) is 6.07 Å². The molecule has 3 heteroatoms. The standard InChI is InChI=1S/C7H9NO2/c1-5-2-6(4-8)10-7(9)3-5/h2-3H,4,8H2,1H3. The molecule has 0 amide bonds. The molecule has 0 aliphatic carbocycles. The zero-order chi connectivity index (χ0) is 7.56. The summed E-state index contributed by atoms with van der Waals surface area (Å²) in [6.45, 7) is 2.10. The third-order valence-corrected chi connectivity index (χ3v) is 1.17. The molecule has 3 nitrogen and oxygen atoms in total. The van der Waals surface area contributed by atoms with Crippen molar-refractivity contribution < 1.29 is 4.42 Å². The molecule has 54 valence electrons. The zero-order valence-electron chi connectivity index (χ0n) is 5.76. The highest BCUT2D eigenvalue weighted by Gasteiger charge is 1.94. The summed E-state index contributed by atoms with van der Waals surface area (Å²) in [4.78, 5) is 10.6. The average molecular weight is 139 g/mol. The van der Waals surface area contributed by atoms with E-state index in [0.717, 1.165) is 5.56 Å². The molecule has 0 aliphatic heterocycles. The summed E-state index contributed by atoms with van der Waals surface area (Å²) in [5.74, 6) is 0.532. The molecule has 0 atom stereocenters. The van der Waals surface area contributed by atoms with E-state index in [9.17, 15) is 4.79 Å². The fourth-order valence-corrected chi connectivity index (χ4v) is 0.770. The Labute approximate surface area is 58.5 Å². The first-order valence-electron chi connectivity index (χ1n) is 3.03. The lowest BCUT2D eigenvalue weighted by Gasteiger charge is -1.94. The molecule has 0 radical (unpaired) electrons. The van der Waals surface area contributed by atoms with E-state index < -0.39 is 0 Å². The summed E-state index contributed by atoms with van der Waals surface area (Å²) in [5.41, 5.74) is 5.81. The molecule has 0 bridgehead atoms. The Morgan fingerprint density at radius 3 is 2.80 bits per heavy atom. The van der Waals surface area contributed by atoms with Gasteiger partial charge in [0.1, 0.15) is 5.76 Å². The molecule has 1 heterocycles. The molecular formula is C7H9NO2. The van der Waals surface area contributed by atoms with E-state index >= 15 is 0 Å². The van der Waals surface area contributed by atoms with Gasteiger partial charge >= 0.3 is 5.63 Å². The van der Waals surface area contributed by atoms with Gasteiger partial charge in [0.25, 0.3) is 0 Å². The van der Waals surface area contributed by atoms with Gasteiger partial charge < -0.3 is 10.2 Å². The molecule has 1 aromatic heterocycles. The van der Waals surface area contributed by atoms with E-state index in [4.69, 9.17) is 10.2 Å². The third-order valence-electron chi connectivity index (χ3n) is 1.17. The van der Waals surface area contributed by atoms with Gasteiger partial charge in [0.2, 0.25) is 0 Å². The van der Waals surface area contributed by atoms with Crippen molar-refractivity contribution in [2.75, 3.05) is 0 Å². The fraction of sp³-hybridized carbons (Fsp3) is 0.286. The summed E-state index contributed by atoms with van der Waals surface area (Å²) in [7, 11) is 0. The van der Waals surface area contributed by atoms with Gasteiger partial charge in [-0.2, -0.15) is 0 Å². The summed E-state index contributed by atoms with van der Waals surface area (Å²) in [6.07, 6.45) is 0. The van der Waals surface area contributed by atoms with Gasteiger partial charge in [-0.3, -0.25) is 0 Å². The Morgan fingerprint density at radius 2 is 2.30 bits per heavy atom. The summed E-state index contributed by atoms with van der Waals surface area (Å²) in [5, 5.41) is 0. The van der Waals surface area contributed by atoms with Crippen molar-refractivity contribution in [2.24, 2.45) is 5.73 Å². The first-order chi connectivity index (χ1) is 4.72. The normalized spacial score (nSPS) is 9.80. The molecule has 0 aliphatic rings. The second kappa shape index (κ2) is 2.66. The number of rotatable bonds is 1. The Kier molecular flexibility index (Phi) is 1.87. The smallest absolute Gasteiger partial charge is 0.336 e. The second-order valence-electron chi connectivity index (χ2n) is 2.12. The predicted molar refractivity (Wildman–Crippen MR) is 37.6 cm³/mol. The summed E-state index contributed by atoms with van der Waals surface area (Å²) in [6, 6.07) is 3.18. The Morgan fingerprint density at radius 1 is 1.60 bits per heavy atom. The van der Waals surface area contributed by atoms with Crippen LogP contribution in [0.5, 0.6) is 0 Å². The zero-order valence-corrected chi connectivity index (χ0v) is 5.76. The number of nitrogens with two attached hydrogens (primary N) is 1. The van der Waals surface area contributed by atoms with Crippen LogP contribution in [0, 0.1) is 6.92 Å². The SMILES string of the molecule is Cc1cc(CN)oc(=O)c1. The number of aryl methyl sites for hydroxylation is 1. The van der Waals surface area contributed by atoms with Crippen molar-refractivity contribution in [3.05, 3.63) is 33.9 Å². The largest absolute Gasteiger partial charge is 0.427 e. The highest BCUT2D eigenvalue weighted by molar-refractivity contribution is 5.11. The molecule has 0 aromatic carbocycles. The Bertz CT molecular complexity index is 277. The average Bonchev–Trinajstić information content (AvgIpc) is 1.85. The van der Waals surface area contributed by atoms with Crippen LogP contribution in [0.2, 0.25) is 0 Å². The van der Waals surface area contributed by atoms with Crippen LogP contribution in [0.1, 0.15) is 11.3 Å². The second-order valence-corrected chi connectivity index (χ2v) is 2.12. The first kappa shape index (κ1) is 7.02. The van der Waals surface area contributed by atoms with Crippen LogP contribution in [-0.4, -0.2) is 0 Å². The molecule has 0 spiro atoms. The molecule has 1 aromatic rings. The van der Waals surface area contributed by atoms with Crippen LogP contribution in [-0.2, 0) is 6.54 Å². The van der Waals surface area contributed by atoms with Crippen molar-refractivity contribution in [2.45, 2.75) is 13.5 Å². The lowest BCUT2D eigenvalue weighted by atomic mass is 10.3. The predicted octanol–water partition coefficient (Wildman–Crippen LogP) is 0.407. The minimum absolute atomic E-state index is 0.275. The van der Waals surface area contributed by atoms with Crippen molar-refractivity contribution in [1.29, 1.82) is 0 Å². The molecule has 2 N–H and O–H groups in total. The number of hydrogen-bond acceptors (Lipinski definition) is 3. The molecule has 0 saturated heterocycles. The van der Waals surface area contributed by atoms with E-state index in [0.29, 0.717) is 5.76 Å². The van der Waals surface area contributed by atoms with E-state index in [-0.39, 0.29) is 12.2 Å².